The predicted octanol–water partition coefficient (Wildman–Crippen LogP) is 1.43. The maximum Gasteiger partial charge on any atom is 0.281 e. The molecule has 0 unspecified atom stereocenters. The summed E-state index contributed by atoms with van der Waals surface area (Å²) >= 11 is 0. The van der Waals surface area contributed by atoms with Crippen molar-refractivity contribution in [2.24, 2.45) is 0 Å². The van der Waals surface area contributed by atoms with Gasteiger partial charge in [0, 0.05) is 32.7 Å². The van der Waals surface area contributed by atoms with Gasteiger partial charge in [0.05, 0.1) is 0 Å². The molecule has 0 bridgehead atoms. The summed E-state index contributed by atoms with van der Waals surface area (Å²) < 4.78 is 40.7. The molecule has 1 aromatic carbocycles. The third-order valence-electron chi connectivity index (χ3n) is 3.22. The van der Waals surface area contributed by atoms with Gasteiger partial charge in [0.15, 0.2) is 0 Å². The number of halogens is 1. The fourth-order valence-electron chi connectivity index (χ4n) is 1.90. The van der Waals surface area contributed by atoms with Crippen molar-refractivity contribution in [3.8, 4) is 0 Å². The molecule has 7 heteroatoms. The van der Waals surface area contributed by atoms with E-state index in [2.05, 4.69) is 5.32 Å². The quantitative estimate of drug-likeness (QED) is 0.701. The highest BCUT2D eigenvalue weighted by Gasteiger charge is 2.23. The van der Waals surface area contributed by atoms with Gasteiger partial charge in [0.2, 0.25) is 0 Å². The SMILES string of the molecule is CCNCCCN(C)S(=O)(=O)N(C)Cc1ccccc1F. The van der Waals surface area contributed by atoms with E-state index in [0.717, 1.165) is 19.5 Å². The molecule has 0 heterocycles. The van der Waals surface area contributed by atoms with Crippen LogP contribution >= 0.6 is 0 Å². The highest BCUT2D eigenvalue weighted by molar-refractivity contribution is 7.86. The molecule has 0 amide bonds. The standard InChI is InChI=1S/C14H24FN3O2S/c1-4-16-10-7-11-17(2)21(19,20)18(3)12-13-8-5-6-9-14(13)15/h5-6,8-9,16H,4,7,10-12H2,1-3H3. The molecule has 0 atom stereocenters. The summed E-state index contributed by atoms with van der Waals surface area (Å²) in [5, 5.41) is 3.15. The Hall–Kier alpha value is -1.02. The van der Waals surface area contributed by atoms with Crippen molar-refractivity contribution in [1.29, 1.82) is 0 Å². The van der Waals surface area contributed by atoms with Crippen LogP contribution in [0.2, 0.25) is 0 Å². The largest absolute Gasteiger partial charge is 0.317 e. The molecule has 0 saturated heterocycles. The minimum absolute atomic E-state index is 0.0204. The van der Waals surface area contributed by atoms with Crippen molar-refractivity contribution in [2.45, 2.75) is 19.9 Å². The number of nitrogens with one attached hydrogen (secondary N) is 1. The molecule has 1 rings (SSSR count). The summed E-state index contributed by atoms with van der Waals surface area (Å²) in [6.45, 7) is 4.09. The molecule has 120 valence electrons. The molecule has 0 fully saturated rings. The Bertz CT molecular complexity index is 537. The van der Waals surface area contributed by atoms with Gasteiger partial charge < -0.3 is 5.32 Å². The Morgan fingerprint density at radius 1 is 1.19 bits per heavy atom. The third-order valence-corrected chi connectivity index (χ3v) is 5.10. The van der Waals surface area contributed by atoms with Crippen molar-refractivity contribution in [2.75, 3.05) is 33.7 Å². The first-order chi connectivity index (χ1) is 9.89. The van der Waals surface area contributed by atoms with Gasteiger partial charge in [-0.3, -0.25) is 0 Å². The summed E-state index contributed by atoms with van der Waals surface area (Å²) in [5.74, 6) is -0.394. The van der Waals surface area contributed by atoms with E-state index in [9.17, 15) is 12.8 Å². The van der Waals surface area contributed by atoms with Gasteiger partial charge in [-0.25, -0.2) is 4.39 Å². The number of rotatable bonds is 9. The molecule has 0 aromatic heterocycles. The molecule has 5 nitrogen and oxygen atoms in total. The number of hydrogen-bond donors (Lipinski definition) is 1. The zero-order chi connectivity index (χ0) is 15.9. The van der Waals surface area contributed by atoms with E-state index < -0.39 is 16.0 Å². The van der Waals surface area contributed by atoms with Gasteiger partial charge in [0.25, 0.3) is 10.2 Å². The Morgan fingerprint density at radius 3 is 2.48 bits per heavy atom. The highest BCUT2D eigenvalue weighted by Crippen LogP contribution is 2.13. The van der Waals surface area contributed by atoms with Crippen molar-refractivity contribution in [1.82, 2.24) is 13.9 Å². The Labute approximate surface area is 126 Å². The molecule has 0 aliphatic heterocycles. The lowest BCUT2D eigenvalue weighted by Crippen LogP contribution is -2.40. The maximum absolute atomic E-state index is 13.6. The normalized spacial score (nSPS) is 12.3. The predicted molar refractivity (Wildman–Crippen MR) is 82.6 cm³/mol. The first kappa shape index (κ1) is 18.0. The summed E-state index contributed by atoms with van der Waals surface area (Å²) in [5.41, 5.74) is 0.365. The average Bonchev–Trinajstić information content (AvgIpc) is 2.45. The van der Waals surface area contributed by atoms with Crippen LogP contribution in [0.3, 0.4) is 0 Å². The van der Waals surface area contributed by atoms with Crippen LogP contribution in [0, 0.1) is 5.82 Å². The van der Waals surface area contributed by atoms with Crippen LogP contribution in [0.25, 0.3) is 0 Å². The molecular weight excluding hydrogens is 293 g/mol. The van der Waals surface area contributed by atoms with Crippen LogP contribution in [0.1, 0.15) is 18.9 Å². The van der Waals surface area contributed by atoms with Crippen molar-refractivity contribution in [3.63, 3.8) is 0 Å². The van der Waals surface area contributed by atoms with Crippen LogP contribution in [0.15, 0.2) is 24.3 Å². The van der Waals surface area contributed by atoms with Crippen LogP contribution in [-0.2, 0) is 16.8 Å². The lowest BCUT2D eigenvalue weighted by molar-refractivity contribution is 0.381. The fraction of sp³-hybridized carbons (Fsp3) is 0.571. The number of hydrogen-bond acceptors (Lipinski definition) is 3. The zero-order valence-corrected chi connectivity index (χ0v) is 13.7. The lowest BCUT2D eigenvalue weighted by Gasteiger charge is -2.24. The fourth-order valence-corrected chi connectivity index (χ4v) is 3.04. The number of nitrogens with zero attached hydrogens (tertiary/aromatic N) is 2. The van der Waals surface area contributed by atoms with E-state index in [1.54, 1.807) is 25.2 Å². The Kier molecular flexibility index (Phi) is 7.24. The van der Waals surface area contributed by atoms with E-state index in [1.807, 2.05) is 6.92 Å². The van der Waals surface area contributed by atoms with E-state index in [1.165, 1.54) is 21.7 Å². The van der Waals surface area contributed by atoms with Crippen LogP contribution < -0.4 is 5.32 Å². The monoisotopic (exact) mass is 317 g/mol. The Balaban J connectivity index is 2.62. The molecule has 1 N–H and O–H groups in total. The van der Waals surface area contributed by atoms with Crippen LogP contribution in [0.4, 0.5) is 4.39 Å². The second kappa shape index (κ2) is 8.43. The molecule has 0 spiro atoms. The molecule has 1 aromatic rings. The van der Waals surface area contributed by atoms with Crippen molar-refractivity contribution < 1.29 is 12.8 Å². The van der Waals surface area contributed by atoms with Gasteiger partial charge in [0.1, 0.15) is 5.82 Å². The van der Waals surface area contributed by atoms with Crippen LogP contribution in [-0.4, -0.2) is 50.8 Å². The minimum atomic E-state index is -3.57. The number of benzene rings is 1. The summed E-state index contributed by atoms with van der Waals surface area (Å²) in [4.78, 5) is 0. The van der Waals surface area contributed by atoms with Crippen molar-refractivity contribution >= 4 is 10.2 Å². The Morgan fingerprint density at radius 2 is 1.86 bits per heavy atom. The van der Waals surface area contributed by atoms with Crippen molar-refractivity contribution in [3.05, 3.63) is 35.6 Å². The first-order valence-corrected chi connectivity index (χ1v) is 8.41. The van der Waals surface area contributed by atoms with Gasteiger partial charge in [-0.2, -0.15) is 17.0 Å². The summed E-state index contributed by atoms with van der Waals surface area (Å²) in [6.07, 6.45) is 0.733. The summed E-state index contributed by atoms with van der Waals surface area (Å²) in [7, 11) is -0.567. The van der Waals surface area contributed by atoms with Gasteiger partial charge >= 0.3 is 0 Å². The van der Waals surface area contributed by atoms with E-state index in [0.29, 0.717) is 12.1 Å². The molecule has 0 aliphatic carbocycles. The first-order valence-electron chi connectivity index (χ1n) is 7.01. The second-order valence-corrected chi connectivity index (χ2v) is 7.03. The molecular formula is C14H24FN3O2S. The van der Waals surface area contributed by atoms with E-state index >= 15 is 0 Å². The topological polar surface area (TPSA) is 52.7 Å². The smallest absolute Gasteiger partial charge is 0.281 e. The van der Waals surface area contributed by atoms with Gasteiger partial charge in [-0.1, -0.05) is 25.1 Å². The molecule has 0 saturated carbocycles. The van der Waals surface area contributed by atoms with E-state index in [-0.39, 0.29) is 6.54 Å². The van der Waals surface area contributed by atoms with Crippen LogP contribution in [0.5, 0.6) is 0 Å². The lowest BCUT2D eigenvalue weighted by atomic mass is 10.2. The average molecular weight is 317 g/mol. The van der Waals surface area contributed by atoms with E-state index in [4.69, 9.17) is 0 Å². The molecule has 0 aliphatic rings. The van der Waals surface area contributed by atoms with Gasteiger partial charge in [-0.05, 0) is 25.6 Å². The second-order valence-electron chi connectivity index (χ2n) is 4.88. The third kappa shape index (κ3) is 5.35. The zero-order valence-electron chi connectivity index (χ0n) is 12.8. The molecule has 0 radical (unpaired) electrons. The molecule has 21 heavy (non-hydrogen) atoms. The maximum atomic E-state index is 13.6. The summed E-state index contributed by atoms with van der Waals surface area (Å²) in [6, 6.07) is 6.20. The minimum Gasteiger partial charge on any atom is -0.317 e. The van der Waals surface area contributed by atoms with Gasteiger partial charge in [-0.15, -0.1) is 0 Å². The highest BCUT2D eigenvalue weighted by atomic mass is 32.2.